The standard InChI is InChI=1S/C17H19BrN2O3/c18-14-10-6-4-5-9-12(10)19-15(14)16(21)20-13-8-3-1-2-7-11(13)17(22)23/h4-6,9,11,13,19H,1-3,7-8H2,(H,20,21)(H,22,23)/t11-,13+/m1/s1. The number of aromatic nitrogens is 1. The van der Waals surface area contributed by atoms with Crippen LogP contribution in [-0.4, -0.2) is 28.0 Å². The molecule has 2 atom stereocenters. The lowest BCUT2D eigenvalue weighted by molar-refractivity contribution is -0.142. The van der Waals surface area contributed by atoms with Crippen molar-refractivity contribution in [3.05, 3.63) is 34.4 Å². The molecule has 6 heteroatoms. The molecule has 1 aromatic carbocycles. The average Bonchev–Trinajstić information content (AvgIpc) is 2.71. The molecule has 1 fully saturated rings. The van der Waals surface area contributed by atoms with Crippen LogP contribution in [0.15, 0.2) is 28.7 Å². The summed E-state index contributed by atoms with van der Waals surface area (Å²) in [6, 6.07) is 7.33. The normalized spacial score (nSPS) is 21.8. The summed E-state index contributed by atoms with van der Waals surface area (Å²) < 4.78 is 0.714. The summed E-state index contributed by atoms with van der Waals surface area (Å²) in [5.74, 6) is -1.59. The smallest absolute Gasteiger partial charge is 0.308 e. The van der Waals surface area contributed by atoms with E-state index in [1.165, 1.54) is 0 Å². The highest BCUT2D eigenvalue weighted by Gasteiger charge is 2.31. The Morgan fingerprint density at radius 1 is 1.17 bits per heavy atom. The Bertz CT molecular complexity index is 741. The summed E-state index contributed by atoms with van der Waals surface area (Å²) in [7, 11) is 0. The van der Waals surface area contributed by atoms with Gasteiger partial charge in [0.05, 0.1) is 10.4 Å². The van der Waals surface area contributed by atoms with Crippen LogP contribution in [0.3, 0.4) is 0 Å². The first-order chi connectivity index (χ1) is 11.1. The second-order valence-corrected chi connectivity index (χ2v) is 6.82. The number of para-hydroxylation sites is 1. The van der Waals surface area contributed by atoms with Crippen LogP contribution in [-0.2, 0) is 4.79 Å². The molecule has 23 heavy (non-hydrogen) atoms. The Labute approximate surface area is 142 Å². The number of nitrogens with one attached hydrogen (secondary N) is 2. The largest absolute Gasteiger partial charge is 0.481 e. The third-order valence-corrected chi connectivity index (χ3v) is 5.34. The molecule has 1 aromatic heterocycles. The fourth-order valence-electron chi connectivity index (χ4n) is 3.28. The van der Waals surface area contributed by atoms with Crippen molar-refractivity contribution in [3.63, 3.8) is 0 Å². The number of H-pyrrole nitrogens is 1. The van der Waals surface area contributed by atoms with Crippen LogP contribution in [0, 0.1) is 5.92 Å². The molecule has 0 saturated heterocycles. The fraction of sp³-hybridized carbons (Fsp3) is 0.412. The maximum Gasteiger partial charge on any atom is 0.308 e. The predicted octanol–water partition coefficient (Wildman–Crippen LogP) is 3.69. The van der Waals surface area contributed by atoms with Crippen LogP contribution >= 0.6 is 15.9 Å². The summed E-state index contributed by atoms with van der Waals surface area (Å²) in [6.07, 6.45) is 4.20. The van der Waals surface area contributed by atoms with Crippen molar-refractivity contribution in [1.82, 2.24) is 10.3 Å². The Balaban J connectivity index is 1.84. The zero-order valence-electron chi connectivity index (χ0n) is 12.6. The SMILES string of the molecule is O=C(N[C@H]1CCCCC[C@H]1C(=O)O)c1[nH]c2ccccc2c1Br. The van der Waals surface area contributed by atoms with Gasteiger partial charge in [0.15, 0.2) is 0 Å². The van der Waals surface area contributed by atoms with Crippen LogP contribution in [0.2, 0.25) is 0 Å². The average molecular weight is 379 g/mol. The van der Waals surface area contributed by atoms with Gasteiger partial charge in [-0.05, 0) is 34.8 Å². The first-order valence-corrected chi connectivity index (χ1v) is 8.67. The minimum absolute atomic E-state index is 0.258. The second kappa shape index (κ2) is 6.74. The fourth-order valence-corrected chi connectivity index (χ4v) is 3.91. The first-order valence-electron chi connectivity index (χ1n) is 7.88. The molecule has 2 aromatic rings. The topological polar surface area (TPSA) is 82.2 Å². The zero-order valence-corrected chi connectivity index (χ0v) is 14.2. The summed E-state index contributed by atoms with van der Waals surface area (Å²) in [6.45, 7) is 0. The first kappa shape index (κ1) is 16.1. The highest BCUT2D eigenvalue weighted by molar-refractivity contribution is 9.10. The van der Waals surface area contributed by atoms with Gasteiger partial charge in [0.1, 0.15) is 5.69 Å². The second-order valence-electron chi connectivity index (χ2n) is 6.02. The molecular formula is C17H19BrN2O3. The number of carboxylic acid groups (broad SMARTS) is 1. The Kier molecular flexibility index (Phi) is 4.71. The van der Waals surface area contributed by atoms with Crippen molar-refractivity contribution in [2.24, 2.45) is 5.92 Å². The Hall–Kier alpha value is -1.82. The number of rotatable bonds is 3. The third-order valence-electron chi connectivity index (χ3n) is 4.52. The van der Waals surface area contributed by atoms with E-state index in [1.54, 1.807) is 0 Å². The predicted molar refractivity (Wildman–Crippen MR) is 91.5 cm³/mol. The van der Waals surface area contributed by atoms with E-state index in [0.717, 1.165) is 30.2 Å². The number of hydrogen-bond donors (Lipinski definition) is 3. The number of carbonyl (C=O) groups excluding carboxylic acids is 1. The van der Waals surface area contributed by atoms with Gasteiger partial charge in [0.25, 0.3) is 5.91 Å². The van der Waals surface area contributed by atoms with Crippen molar-refractivity contribution in [2.75, 3.05) is 0 Å². The number of fused-ring (bicyclic) bond motifs is 1. The van der Waals surface area contributed by atoms with Gasteiger partial charge in [-0.3, -0.25) is 9.59 Å². The lowest BCUT2D eigenvalue weighted by Crippen LogP contribution is -2.43. The molecule has 0 bridgehead atoms. The Morgan fingerprint density at radius 3 is 2.65 bits per heavy atom. The zero-order chi connectivity index (χ0) is 16.4. The van der Waals surface area contributed by atoms with Gasteiger partial charge in [0, 0.05) is 16.9 Å². The van der Waals surface area contributed by atoms with Gasteiger partial charge in [-0.1, -0.05) is 37.5 Å². The number of aromatic amines is 1. The van der Waals surface area contributed by atoms with E-state index in [9.17, 15) is 14.7 Å². The molecule has 122 valence electrons. The van der Waals surface area contributed by atoms with Gasteiger partial charge in [-0.2, -0.15) is 0 Å². The monoisotopic (exact) mass is 378 g/mol. The minimum atomic E-state index is -0.826. The maximum absolute atomic E-state index is 12.6. The van der Waals surface area contributed by atoms with E-state index < -0.39 is 11.9 Å². The number of halogens is 1. The molecular weight excluding hydrogens is 360 g/mol. The number of benzene rings is 1. The summed E-state index contributed by atoms with van der Waals surface area (Å²) in [5, 5.41) is 13.3. The van der Waals surface area contributed by atoms with Crippen LogP contribution in [0.5, 0.6) is 0 Å². The van der Waals surface area contributed by atoms with Crippen LogP contribution in [0.4, 0.5) is 0 Å². The highest BCUT2D eigenvalue weighted by Crippen LogP contribution is 2.29. The van der Waals surface area contributed by atoms with E-state index in [-0.39, 0.29) is 11.9 Å². The highest BCUT2D eigenvalue weighted by atomic mass is 79.9. The molecule has 1 saturated carbocycles. The van der Waals surface area contributed by atoms with Crippen molar-refractivity contribution >= 4 is 38.7 Å². The molecule has 0 aliphatic heterocycles. The van der Waals surface area contributed by atoms with Gasteiger partial charge in [-0.25, -0.2) is 0 Å². The number of amides is 1. The lowest BCUT2D eigenvalue weighted by Gasteiger charge is -2.22. The van der Waals surface area contributed by atoms with Gasteiger partial charge in [0.2, 0.25) is 0 Å². The van der Waals surface area contributed by atoms with E-state index >= 15 is 0 Å². The molecule has 3 rings (SSSR count). The van der Waals surface area contributed by atoms with Crippen LogP contribution < -0.4 is 5.32 Å². The number of hydrogen-bond acceptors (Lipinski definition) is 2. The summed E-state index contributed by atoms with van der Waals surface area (Å²) in [4.78, 5) is 27.2. The molecule has 1 aliphatic rings. The maximum atomic E-state index is 12.6. The minimum Gasteiger partial charge on any atom is -0.481 e. The number of aliphatic carboxylic acids is 1. The summed E-state index contributed by atoms with van der Waals surface area (Å²) >= 11 is 3.47. The van der Waals surface area contributed by atoms with Crippen molar-refractivity contribution in [2.45, 2.75) is 38.1 Å². The Morgan fingerprint density at radius 2 is 1.91 bits per heavy atom. The van der Waals surface area contributed by atoms with Gasteiger partial charge >= 0.3 is 5.97 Å². The lowest BCUT2D eigenvalue weighted by atomic mass is 9.95. The molecule has 1 amide bonds. The number of carboxylic acids is 1. The molecule has 0 unspecified atom stereocenters. The van der Waals surface area contributed by atoms with Gasteiger partial charge in [-0.15, -0.1) is 0 Å². The van der Waals surface area contributed by atoms with E-state index in [4.69, 9.17) is 0 Å². The van der Waals surface area contributed by atoms with E-state index in [1.807, 2.05) is 24.3 Å². The molecule has 1 aliphatic carbocycles. The van der Waals surface area contributed by atoms with E-state index in [2.05, 4.69) is 26.2 Å². The van der Waals surface area contributed by atoms with Crippen LogP contribution in [0.1, 0.15) is 42.6 Å². The molecule has 5 nitrogen and oxygen atoms in total. The molecule has 1 heterocycles. The molecule has 0 radical (unpaired) electrons. The van der Waals surface area contributed by atoms with Crippen molar-refractivity contribution in [1.29, 1.82) is 0 Å². The quantitative estimate of drug-likeness (QED) is 0.712. The number of carbonyl (C=O) groups is 2. The summed E-state index contributed by atoms with van der Waals surface area (Å²) in [5.41, 5.74) is 1.32. The van der Waals surface area contributed by atoms with Gasteiger partial charge < -0.3 is 15.4 Å². The third kappa shape index (κ3) is 3.27. The van der Waals surface area contributed by atoms with Crippen LogP contribution in [0.25, 0.3) is 10.9 Å². The molecule has 0 spiro atoms. The molecule has 3 N–H and O–H groups in total. The van der Waals surface area contributed by atoms with E-state index in [0.29, 0.717) is 23.0 Å². The van der Waals surface area contributed by atoms with Crippen molar-refractivity contribution < 1.29 is 14.7 Å². The van der Waals surface area contributed by atoms with Crippen molar-refractivity contribution in [3.8, 4) is 0 Å².